The van der Waals surface area contributed by atoms with E-state index >= 15 is 0 Å². The van der Waals surface area contributed by atoms with Crippen LogP contribution in [0, 0.1) is 12.0 Å². The van der Waals surface area contributed by atoms with Crippen LogP contribution in [0.3, 0.4) is 0 Å². The quantitative estimate of drug-likeness (QED) is 0.896. The minimum Gasteiger partial charge on any atom is -0.484 e. The highest BCUT2D eigenvalue weighted by Gasteiger charge is 2.34. The molecule has 25 heavy (non-hydrogen) atoms. The molecule has 0 saturated carbocycles. The van der Waals surface area contributed by atoms with Crippen molar-refractivity contribution >= 4 is 5.91 Å². The number of fused-ring (bicyclic) bond motifs is 3. The Morgan fingerprint density at radius 1 is 1.36 bits per heavy atom. The fraction of sp³-hybridized carbons (Fsp3) is 0.474. The van der Waals surface area contributed by atoms with Crippen molar-refractivity contribution in [3.05, 3.63) is 36.7 Å². The third-order valence-electron chi connectivity index (χ3n) is 5.17. The number of aryl methyl sites for hydroxylation is 1. The lowest BCUT2D eigenvalue weighted by Crippen LogP contribution is -2.57. The molecule has 1 radical (unpaired) electrons. The fourth-order valence-corrected chi connectivity index (χ4v) is 3.80. The number of nitrogens with one attached hydrogen (secondary N) is 1. The standard InChI is InChI=1S/C19H23N4O2/c1-22-11-16(10-20-22)15-3-2-4-17(9-15)25-13-19(24)21-18-12-23-7-5-14(18)6-8-23/h3-4,9-11,14,18H,5-8,12-13H2,1H3,(H,21,24)/t18-/m1/s1. The van der Waals surface area contributed by atoms with Crippen molar-refractivity contribution in [2.24, 2.45) is 13.0 Å². The molecule has 1 aromatic carbocycles. The molecule has 6 nitrogen and oxygen atoms in total. The highest BCUT2D eigenvalue weighted by atomic mass is 16.5. The molecule has 131 valence electrons. The lowest BCUT2D eigenvalue weighted by Gasteiger charge is -2.44. The summed E-state index contributed by atoms with van der Waals surface area (Å²) in [4.78, 5) is 14.7. The number of piperidine rings is 3. The van der Waals surface area contributed by atoms with Crippen LogP contribution in [0.4, 0.5) is 0 Å². The number of carbonyl (C=O) groups is 1. The maximum atomic E-state index is 12.2. The van der Waals surface area contributed by atoms with E-state index in [9.17, 15) is 4.79 Å². The Kier molecular flexibility index (Phi) is 4.44. The van der Waals surface area contributed by atoms with Crippen molar-refractivity contribution in [3.8, 4) is 16.9 Å². The van der Waals surface area contributed by atoms with Crippen molar-refractivity contribution in [1.82, 2.24) is 20.0 Å². The molecule has 0 spiro atoms. The van der Waals surface area contributed by atoms with Gasteiger partial charge in [0.25, 0.3) is 5.91 Å². The predicted octanol–water partition coefficient (Wildman–Crippen LogP) is 1.48. The Balaban J connectivity index is 1.33. The number of amides is 1. The largest absolute Gasteiger partial charge is 0.484 e. The van der Waals surface area contributed by atoms with Crippen LogP contribution in [-0.4, -0.2) is 52.9 Å². The second-order valence-corrected chi connectivity index (χ2v) is 6.96. The molecule has 2 bridgehead atoms. The van der Waals surface area contributed by atoms with Crippen LogP contribution in [-0.2, 0) is 11.8 Å². The van der Waals surface area contributed by atoms with E-state index in [1.54, 1.807) is 16.9 Å². The second kappa shape index (κ2) is 6.88. The Labute approximate surface area is 147 Å². The van der Waals surface area contributed by atoms with Gasteiger partial charge >= 0.3 is 0 Å². The molecule has 1 aromatic heterocycles. The summed E-state index contributed by atoms with van der Waals surface area (Å²) >= 11 is 0. The Morgan fingerprint density at radius 3 is 2.88 bits per heavy atom. The summed E-state index contributed by atoms with van der Waals surface area (Å²) in [6, 6.07) is 8.88. The van der Waals surface area contributed by atoms with Gasteiger partial charge < -0.3 is 15.0 Å². The van der Waals surface area contributed by atoms with E-state index in [1.165, 1.54) is 25.9 Å². The molecular formula is C19H23N4O2. The van der Waals surface area contributed by atoms with Gasteiger partial charge in [0.1, 0.15) is 5.75 Å². The van der Waals surface area contributed by atoms with Gasteiger partial charge in [-0.1, -0.05) is 0 Å². The molecular weight excluding hydrogens is 316 g/mol. The van der Waals surface area contributed by atoms with Crippen molar-refractivity contribution in [2.75, 3.05) is 26.2 Å². The van der Waals surface area contributed by atoms with Gasteiger partial charge in [-0.25, -0.2) is 0 Å². The lowest BCUT2D eigenvalue weighted by atomic mass is 9.84. The third kappa shape index (κ3) is 3.69. The molecule has 2 aromatic rings. The summed E-state index contributed by atoms with van der Waals surface area (Å²) in [7, 11) is 1.88. The monoisotopic (exact) mass is 339 g/mol. The minimum atomic E-state index is -0.0504. The Morgan fingerprint density at radius 2 is 2.20 bits per heavy atom. The van der Waals surface area contributed by atoms with Gasteiger partial charge in [0.05, 0.1) is 6.20 Å². The van der Waals surface area contributed by atoms with Crippen LogP contribution >= 0.6 is 0 Å². The number of rotatable bonds is 5. The van der Waals surface area contributed by atoms with Crippen molar-refractivity contribution in [3.63, 3.8) is 0 Å². The summed E-state index contributed by atoms with van der Waals surface area (Å²) < 4.78 is 7.43. The van der Waals surface area contributed by atoms with E-state index in [0.717, 1.165) is 17.7 Å². The zero-order valence-corrected chi connectivity index (χ0v) is 14.4. The first kappa shape index (κ1) is 16.1. The number of ether oxygens (including phenoxy) is 1. The van der Waals surface area contributed by atoms with Crippen molar-refractivity contribution < 1.29 is 9.53 Å². The first-order valence-electron chi connectivity index (χ1n) is 8.82. The van der Waals surface area contributed by atoms with Crippen LogP contribution in [0.1, 0.15) is 12.8 Å². The summed E-state index contributed by atoms with van der Waals surface area (Å²) in [5.41, 5.74) is 1.98. The van der Waals surface area contributed by atoms with Crippen LogP contribution in [0.25, 0.3) is 11.1 Å². The molecule has 3 aliphatic rings. The first-order chi connectivity index (χ1) is 12.2. The number of benzene rings is 1. The zero-order valence-electron chi connectivity index (χ0n) is 14.4. The smallest absolute Gasteiger partial charge is 0.258 e. The first-order valence-corrected chi connectivity index (χ1v) is 8.82. The van der Waals surface area contributed by atoms with Gasteiger partial charge in [-0.15, -0.1) is 0 Å². The summed E-state index contributed by atoms with van der Waals surface area (Å²) in [5, 5.41) is 7.32. The zero-order chi connectivity index (χ0) is 17.2. The number of hydrogen-bond acceptors (Lipinski definition) is 4. The Bertz CT molecular complexity index is 749. The van der Waals surface area contributed by atoms with E-state index in [2.05, 4.69) is 21.4 Å². The SMILES string of the molecule is Cn1cc(-c2c[c]cc(OCC(=O)N[C@@H]3CN4CCC3CC4)c2)cn1. The molecule has 5 rings (SSSR count). The molecule has 3 aliphatic heterocycles. The molecule has 6 heteroatoms. The number of carbonyl (C=O) groups excluding carboxylic acids is 1. The van der Waals surface area contributed by atoms with Gasteiger partial charge in [0.2, 0.25) is 0 Å². The molecule has 4 heterocycles. The maximum Gasteiger partial charge on any atom is 0.258 e. The van der Waals surface area contributed by atoms with Crippen LogP contribution in [0.2, 0.25) is 0 Å². The third-order valence-corrected chi connectivity index (χ3v) is 5.17. The Hall–Kier alpha value is -2.34. The average molecular weight is 339 g/mol. The molecule has 3 saturated heterocycles. The predicted molar refractivity (Wildman–Crippen MR) is 94.1 cm³/mol. The van der Waals surface area contributed by atoms with E-state index in [0.29, 0.717) is 11.7 Å². The molecule has 1 N–H and O–H groups in total. The highest BCUT2D eigenvalue weighted by molar-refractivity contribution is 5.78. The molecule has 1 atom stereocenters. The normalized spacial score (nSPS) is 24.9. The van der Waals surface area contributed by atoms with E-state index in [4.69, 9.17) is 4.74 Å². The molecule has 1 amide bonds. The van der Waals surface area contributed by atoms with Crippen LogP contribution in [0.15, 0.2) is 30.6 Å². The summed E-state index contributed by atoms with van der Waals surface area (Å²) in [6.45, 7) is 3.35. The van der Waals surface area contributed by atoms with Gasteiger partial charge in [0.15, 0.2) is 6.61 Å². The second-order valence-electron chi connectivity index (χ2n) is 6.96. The number of aromatic nitrogens is 2. The summed E-state index contributed by atoms with van der Waals surface area (Å²) in [6.07, 6.45) is 6.11. The number of nitrogens with zero attached hydrogens (tertiary/aromatic N) is 3. The highest BCUT2D eigenvalue weighted by Crippen LogP contribution is 2.27. The lowest BCUT2D eigenvalue weighted by molar-refractivity contribution is -0.125. The van der Waals surface area contributed by atoms with Gasteiger partial charge in [-0.05, 0) is 61.7 Å². The molecule has 3 fully saturated rings. The summed E-state index contributed by atoms with van der Waals surface area (Å²) in [5.74, 6) is 1.21. The van der Waals surface area contributed by atoms with E-state index in [1.807, 2.05) is 25.4 Å². The molecule has 0 unspecified atom stereocenters. The van der Waals surface area contributed by atoms with Crippen molar-refractivity contribution in [1.29, 1.82) is 0 Å². The topological polar surface area (TPSA) is 59.4 Å². The maximum absolute atomic E-state index is 12.2. The van der Waals surface area contributed by atoms with Gasteiger partial charge in [-0.3, -0.25) is 9.48 Å². The average Bonchev–Trinajstić information content (AvgIpc) is 3.08. The van der Waals surface area contributed by atoms with Gasteiger partial charge in [-0.2, -0.15) is 5.10 Å². The molecule has 0 aliphatic carbocycles. The van der Waals surface area contributed by atoms with E-state index in [-0.39, 0.29) is 18.6 Å². The van der Waals surface area contributed by atoms with Crippen LogP contribution < -0.4 is 10.1 Å². The minimum absolute atomic E-state index is 0.0353. The number of hydrogen-bond donors (Lipinski definition) is 1. The van der Waals surface area contributed by atoms with Crippen molar-refractivity contribution in [2.45, 2.75) is 18.9 Å². The van der Waals surface area contributed by atoms with E-state index < -0.39 is 0 Å². The van der Waals surface area contributed by atoms with Crippen LogP contribution in [0.5, 0.6) is 5.75 Å². The fourth-order valence-electron chi connectivity index (χ4n) is 3.80. The van der Waals surface area contributed by atoms with Gasteiger partial charge in [0, 0.05) is 31.4 Å².